The predicted octanol–water partition coefficient (Wildman–Crippen LogP) is 6.90. The SMILES string of the molecule is COC(=O)N[C@H](C(=O)N1CCC[C@H]1c1nc2cc(-c3cc4sc(-c5ccc6nc([C@@H]7CCCN7C(=O)[C@@H](NC(=O)OC)[C@@H](C)OC)[nH]c6c5)cc4s3)ccc2[nH]1)[C@@H](C)OC. The number of carbonyl (C=O) groups is 4. The summed E-state index contributed by atoms with van der Waals surface area (Å²) in [5, 5.41) is 5.28. The molecule has 6 heterocycles. The molecule has 2 aromatic carbocycles. The fourth-order valence-corrected chi connectivity index (χ4v) is 10.6. The van der Waals surface area contributed by atoms with Gasteiger partial charge in [-0.1, -0.05) is 12.1 Å². The number of methoxy groups -OCH3 is 4. The van der Waals surface area contributed by atoms with Crippen LogP contribution in [0.5, 0.6) is 0 Å². The van der Waals surface area contributed by atoms with E-state index < -0.39 is 36.5 Å². The Labute approximate surface area is 353 Å². The van der Waals surface area contributed by atoms with Crippen molar-refractivity contribution in [1.82, 2.24) is 40.4 Å². The Hall–Kier alpha value is -5.56. The van der Waals surface area contributed by atoms with Crippen molar-refractivity contribution in [2.24, 2.45) is 0 Å². The van der Waals surface area contributed by atoms with E-state index >= 15 is 0 Å². The van der Waals surface area contributed by atoms with Crippen LogP contribution < -0.4 is 10.6 Å². The fourth-order valence-electron chi connectivity index (χ4n) is 8.19. The van der Waals surface area contributed by atoms with Crippen LogP contribution in [0.1, 0.15) is 63.3 Å². The van der Waals surface area contributed by atoms with Crippen LogP contribution in [-0.4, -0.2) is 120 Å². The third-order valence-electron chi connectivity index (χ3n) is 11.6. The van der Waals surface area contributed by atoms with Crippen LogP contribution in [0.2, 0.25) is 0 Å². The van der Waals surface area contributed by atoms with Gasteiger partial charge in [0.05, 0.1) is 60.6 Å². The predicted molar refractivity (Wildman–Crippen MR) is 229 cm³/mol. The number of alkyl carbamates (subject to hydrolysis) is 2. The molecule has 2 fully saturated rings. The number of hydrogen-bond acceptors (Lipinski definition) is 12. The zero-order chi connectivity index (χ0) is 42.2. The lowest BCUT2D eigenvalue weighted by molar-refractivity contribution is -0.138. The van der Waals surface area contributed by atoms with Gasteiger partial charge in [-0.3, -0.25) is 9.59 Å². The maximum Gasteiger partial charge on any atom is 0.407 e. The van der Waals surface area contributed by atoms with E-state index in [-0.39, 0.29) is 23.9 Å². The molecular weight excluding hydrogens is 809 g/mol. The summed E-state index contributed by atoms with van der Waals surface area (Å²) in [7, 11) is 5.53. The van der Waals surface area contributed by atoms with Gasteiger partial charge in [-0.2, -0.15) is 0 Å². The number of hydrogen-bond donors (Lipinski definition) is 4. The number of amides is 4. The highest BCUT2D eigenvalue weighted by Crippen LogP contribution is 2.43. The van der Waals surface area contributed by atoms with Crippen molar-refractivity contribution in [3.8, 4) is 20.9 Å². The Bertz CT molecular complexity index is 2360. The molecule has 2 aliphatic rings. The Kier molecular flexibility index (Phi) is 11.8. The lowest BCUT2D eigenvalue weighted by Gasteiger charge is -2.30. The summed E-state index contributed by atoms with van der Waals surface area (Å²) < 4.78 is 22.7. The maximum absolute atomic E-state index is 13.7. The normalized spacial score (nSPS) is 18.8. The number of imidazole rings is 2. The van der Waals surface area contributed by atoms with Crippen LogP contribution in [0.25, 0.3) is 52.3 Å². The number of aromatic nitrogens is 4. The van der Waals surface area contributed by atoms with Gasteiger partial charge in [0.1, 0.15) is 23.7 Å². The highest BCUT2D eigenvalue weighted by atomic mass is 32.1. The molecular formula is C42H48N8O8S2. The minimum atomic E-state index is -0.899. The van der Waals surface area contributed by atoms with E-state index in [1.165, 1.54) is 37.8 Å². The summed E-state index contributed by atoms with van der Waals surface area (Å²) in [6.07, 6.45) is 0.617. The molecule has 4 aromatic heterocycles. The highest BCUT2D eigenvalue weighted by molar-refractivity contribution is 7.31. The number of nitrogens with zero attached hydrogens (tertiary/aromatic N) is 4. The van der Waals surface area contributed by atoms with Gasteiger partial charge in [-0.05, 0) is 87.1 Å². The number of ether oxygens (including phenoxy) is 4. The largest absolute Gasteiger partial charge is 0.453 e. The van der Waals surface area contributed by atoms with Crippen molar-refractivity contribution in [3.05, 3.63) is 60.2 Å². The van der Waals surface area contributed by atoms with Crippen LogP contribution in [-0.2, 0) is 28.5 Å². The number of fused-ring (bicyclic) bond motifs is 3. The van der Waals surface area contributed by atoms with Gasteiger partial charge in [-0.25, -0.2) is 19.6 Å². The first-order chi connectivity index (χ1) is 29.0. The van der Waals surface area contributed by atoms with Crippen molar-refractivity contribution < 1.29 is 38.1 Å². The summed E-state index contributed by atoms with van der Waals surface area (Å²) in [5.41, 5.74) is 5.51. The molecule has 0 unspecified atom stereocenters. The molecule has 60 heavy (non-hydrogen) atoms. The molecule has 0 spiro atoms. The Morgan fingerprint density at radius 1 is 0.667 bits per heavy atom. The minimum absolute atomic E-state index is 0.242. The van der Waals surface area contributed by atoms with Gasteiger partial charge < -0.3 is 49.3 Å². The summed E-state index contributed by atoms with van der Waals surface area (Å²) in [4.78, 5) is 74.2. The lowest BCUT2D eigenvalue weighted by Crippen LogP contribution is -2.54. The van der Waals surface area contributed by atoms with Gasteiger partial charge in [0, 0.05) is 46.5 Å². The molecule has 0 saturated carbocycles. The third kappa shape index (κ3) is 7.91. The molecule has 6 aromatic rings. The molecule has 16 nitrogen and oxygen atoms in total. The van der Waals surface area contributed by atoms with E-state index in [1.54, 1.807) is 46.3 Å². The zero-order valence-electron chi connectivity index (χ0n) is 34.2. The molecule has 4 N–H and O–H groups in total. The second kappa shape index (κ2) is 17.2. The maximum atomic E-state index is 13.7. The number of aromatic amines is 2. The molecule has 6 atom stereocenters. The van der Waals surface area contributed by atoms with E-state index in [9.17, 15) is 19.2 Å². The van der Waals surface area contributed by atoms with Crippen LogP contribution in [0.15, 0.2) is 48.5 Å². The van der Waals surface area contributed by atoms with Gasteiger partial charge >= 0.3 is 12.2 Å². The monoisotopic (exact) mass is 856 g/mol. The van der Waals surface area contributed by atoms with Crippen molar-refractivity contribution in [1.29, 1.82) is 0 Å². The van der Waals surface area contributed by atoms with Crippen LogP contribution >= 0.6 is 22.7 Å². The topological polar surface area (TPSA) is 193 Å². The highest BCUT2D eigenvalue weighted by Gasteiger charge is 2.40. The van der Waals surface area contributed by atoms with Gasteiger partial charge in [0.2, 0.25) is 11.8 Å². The summed E-state index contributed by atoms with van der Waals surface area (Å²) in [6, 6.07) is 14.5. The van der Waals surface area contributed by atoms with E-state index in [0.717, 1.165) is 68.6 Å². The number of thiophene rings is 2. The van der Waals surface area contributed by atoms with Gasteiger partial charge in [0.15, 0.2) is 0 Å². The molecule has 2 saturated heterocycles. The molecule has 0 bridgehead atoms. The average Bonchev–Trinajstić information content (AvgIpc) is 4.12. The second-order valence-corrected chi connectivity index (χ2v) is 17.3. The van der Waals surface area contributed by atoms with E-state index in [4.69, 9.17) is 28.9 Å². The molecule has 18 heteroatoms. The van der Waals surface area contributed by atoms with Crippen molar-refractivity contribution in [2.45, 2.75) is 75.9 Å². The van der Waals surface area contributed by atoms with Crippen LogP contribution in [0.4, 0.5) is 9.59 Å². The molecule has 2 aliphatic heterocycles. The van der Waals surface area contributed by atoms with E-state index in [1.807, 2.05) is 12.1 Å². The molecule has 316 valence electrons. The average molecular weight is 857 g/mol. The Morgan fingerprint density at radius 2 is 1.15 bits per heavy atom. The third-order valence-corrected chi connectivity index (χ3v) is 14.0. The quantitative estimate of drug-likeness (QED) is 0.101. The van der Waals surface area contributed by atoms with E-state index in [2.05, 4.69) is 57.0 Å². The lowest BCUT2D eigenvalue weighted by atomic mass is 10.1. The number of rotatable bonds is 12. The Morgan fingerprint density at radius 3 is 1.67 bits per heavy atom. The zero-order valence-corrected chi connectivity index (χ0v) is 35.8. The fraction of sp³-hybridized carbons (Fsp3) is 0.429. The van der Waals surface area contributed by atoms with Crippen LogP contribution in [0, 0.1) is 0 Å². The summed E-state index contributed by atoms with van der Waals surface area (Å²) in [6.45, 7) is 4.57. The van der Waals surface area contributed by atoms with Crippen LogP contribution in [0.3, 0.4) is 0 Å². The van der Waals surface area contributed by atoms with Gasteiger partial charge in [0.25, 0.3) is 0 Å². The van der Waals surface area contributed by atoms with Crippen molar-refractivity contribution in [3.63, 3.8) is 0 Å². The Balaban J connectivity index is 0.986. The second-order valence-electron chi connectivity index (χ2n) is 15.1. The molecule has 0 radical (unpaired) electrons. The number of H-pyrrole nitrogens is 2. The minimum Gasteiger partial charge on any atom is -0.453 e. The van der Waals surface area contributed by atoms with Crippen molar-refractivity contribution >= 4 is 78.1 Å². The number of nitrogens with one attached hydrogen (secondary N) is 4. The summed E-state index contributed by atoms with van der Waals surface area (Å²) >= 11 is 3.45. The first-order valence-electron chi connectivity index (χ1n) is 19.9. The first-order valence-corrected chi connectivity index (χ1v) is 21.5. The standard InChI is InChI=1S/C42H48N8O8S2/c1-21(55-3)35(47-41(53)57-5)39(51)49-15-7-9-29(49)37-43-25-13-11-23(17-27(25)45-37)31-19-33-34(59-31)20-32(60-33)24-12-14-26-28(18-24)46-38(44-26)30-10-8-16-50(30)40(52)36(22(2)56-4)48-42(54)58-6/h11-14,17-22,29-30,35-36H,7-10,15-16H2,1-6H3,(H,43,45)(H,44,46)(H,47,53)(H,48,54)/t21-,22-,29+,30+,35+,36+/m1/s1. The van der Waals surface area contributed by atoms with Gasteiger partial charge in [-0.15, -0.1) is 22.7 Å². The molecule has 0 aliphatic carbocycles. The number of benzene rings is 2. The summed E-state index contributed by atoms with van der Waals surface area (Å²) in [5.74, 6) is 0.933. The number of likely N-dealkylation sites (tertiary alicyclic amines) is 2. The number of carbonyl (C=O) groups excluding carboxylic acids is 4. The first kappa shape index (κ1) is 41.2. The van der Waals surface area contributed by atoms with E-state index in [0.29, 0.717) is 24.7 Å². The van der Waals surface area contributed by atoms with Crippen molar-refractivity contribution in [2.75, 3.05) is 41.5 Å². The molecule has 4 amide bonds. The smallest absolute Gasteiger partial charge is 0.407 e. The molecule has 8 rings (SSSR count).